The van der Waals surface area contributed by atoms with Crippen molar-refractivity contribution in [1.29, 1.82) is 5.26 Å². The molecule has 4 aromatic rings. The molecule has 0 radical (unpaired) electrons. The summed E-state index contributed by atoms with van der Waals surface area (Å²) >= 11 is 0. The number of methoxy groups -OCH3 is 1. The van der Waals surface area contributed by atoms with Gasteiger partial charge in [0.1, 0.15) is 23.6 Å². The number of hydrogen-bond acceptors (Lipinski definition) is 7. The Bertz CT molecular complexity index is 1460. The first-order valence-corrected chi connectivity index (χ1v) is 11.1. The molecular formula is C25H22FN7O2. The van der Waals surface area contributed by atoms with Crippen LogP contribution in [0.2, 0.25) is 0 Å². The number of imidazole rings is 1. The molecule has 1 aromatic carbocycles. The summed E-state index contributed by atoms with van der Waals surface area (Å²) in [6, 6.07) is 10.4. The largest absolute Gasteiger partial charge is 0.494 e. The second-order valence-electron chi connectivity index (χ2n) is 8.32. The van der Waals surface area contributed by atoms with Crippen molar-refractivity contribution in [1.82, 2.24) is 19.4 Å². The van der Waals surface area contributed by atoms with Crippen LogP contribution in [-0.4, -0.2) is 32.4 Å². The zero-order chi connectivity index (χ0) is 24.4. The van der Waals surface area contributed by atoms with Crippen LogP contribution in [-0.2, 0) is 17.8 Å². The Labute approximate surface area is 200 Å². The Hall–Kier alpha value is -4.52. The van der Waals surface area contributed by atoms with Crippen LogP contribution < -0.4 is 15.4 Å². The van der Waals surface area contributed by atoms with Gasteiger partial charge in [-0.15, -0.1) is 0 Å². The Kier molecular flexibility index (Phi) is 5.97. The van der Waals surface area contributed by atoms with Gasteiger partial charge in [0.15, 0.2) is 11.6 Å². The molecule has 2 N–H and O–H groups in total. The number of nitriles is 1. The van der Waals surface area contributed by atoms with E-state index in [4.69, 9.17) is 4.74 Å². The monoisotopic (exact) mass is 471 g/mol. The fraction of sp³-hybridized carbons (Fsp3) is 0.240. The summed E-state index contributed by atoms with van der Waals surface area (Å²) in [7, 11) is 1.32. The van der Waals surface area contributed by atoms with E-state index in [0.29, 0.717) is 18.3 Å². The van der Waals surface area contributed by atoms with Gasteiger partial charge in [0.25, 0.3) is 0 Å². The number of amides is 1. The van der Waals surface area contributed by atoms with E-state index in [1.807, 2.05) is 22.7 Å². The lowest BCUT2D eigenvalue weighted by Crippen LogP contribution is -2.17. The number of pyridine rings is 1. The number of nitrogens with zero attached hydrogens (tertiary/aromatic N) is 5. The Balaban J connectivity index is 1.24. The van der Waals surface area contributed by atoms with Crippen LogP contribution in [0.4, 0.5) is 16.0 Å². The third-order valence-electron chi connectivity index (χ3n) is 5.84. The van der Waals surface area contributed by atoms with Gasteiger partial charge in [0.05, 0.1) is 37.4 Å². The molecule has 1 aliphatic carbocycles. The molecule has 0 aliphatic heterocycles. The molecule has 0 atom stereocenters. The van der Waals surface area contributed by atoms with Crippen molar-refractivity contribution in [2.45, 2.75) is 31.7 Å². The first-order chi connectivity index (χ1) is 17.0. The number of halogens is 1. The molecule has 0 bridgehead atoms. The topological polar surface area (TPSA) is 117 Å². The van der Waals surface area contributed by atoms with Crippen LogP contribution in [0, 0.1) is 17.1 Å². The smallest absolute Gasteiger partial charge is 0.230 e. The maximum Gasteiger partial charge on any atom is 0.230 e. The number of benzene rings is 1. The van der Waals surface area contributed by atoms with E-state index in [-0.39, 0.29) is 29.1 Å². The van der Waals surface area contributed by atoms with E-state index in [1.165, 1.54) is 44.0 Å². The van der Waals surface area contributed by atoms with Crippen molar-refractivity contribution in [3.8, 4) is 11.8 Å². The minimum atomic E-state index is -0.733. The zero-order valence-electron chi connectivity index (χ0n) is 19.0. The number of carbonyl (C=O) groups excluding carboxylic acids is 1. The third-order valence-corrected chi connectivity index (χ3v) is 5.84. The molecule has 0 spiro atoms. The van der Waals surface area contributed by atoms with E-state index in [0.717, 1.165) is 11.3 Å². The van der Waals surface area contributed by atoms with Crippen molar-refractivity contribution in [3.63, 3.8) is 0 Å². The molecule has 5 rings (SSSR count). The highest BCUT2D eigenvalue weighted by atomic mass is 19.1. The molecule has 1 saturated carbocycles. The quantitative estimate of drug-likeness (QED) is 0.401. The lowest BCUT2D eigenvalue weighted by atomic mass is 10.0. The zero-order valence-corrected chi connectivity index (χ0v) is 19.0. The molecule has 9 nitrogen and oxygen atoms in total. The van der Waals surface area contributed by atoms with Gasteiger partial charge in [0.2, 0.25) is 5.91 Å². The molecule has 176 valence electrons. The van der Waals surface area contributed by atoms with E-state index < -0.39 is 11.7 Å². The van der Waals surface area contributed by atoms with Crippen LogP contribution >= 0.6 is 0 Å². The fourth-order valence-corrected chi connectivity index (χ4v) is 3.89. The molecule has 10 heteroatoms. The fourth-order valence-electron chi connectivity index (χ4n) is 3.89. The number of carbonyl (C=O) groups is 1. The number of aromatic nitrogens is 4. The van der Waals surface area contributed by atoms with E-state index in [9.17, 15) is 14.4 Å². The summed E-state index contributed by atoms with van der Waals surface area (Å²) in [5.41, 5.74) is 3.10. The molecule has 1 aliphatic rings. The van der Waals surface area contributed by atoms with Crippen LogP contribution in [0.3, 0.4) is 0 Å². The van der Waals surface area contributed by atoms with Gasteiger partial charge in [-0.3, -0.25) is 4.79 Å². The van der Waals surface area contributed by atoms with E-state index >= 15 is 0 Å². The van der Waals surface area contributed by atoms with Crippen molar-refractivity contribution in [2.75, 3.05) is 17.7 Å². The van der Waals surface area contributed by atoms with Gasteiger partial charge in [-0.05, 0) is 42.5 Å². The summed E-state index contributed by atoms with van der Waals surface area (Å²) in [6.07, 6.45) is 7.57. The predicted molar refractivity (Wildman–Crippen MR) is 127 cm³/mol. The van der Waals surface area contributed by atoms with Crippen molar-refractivity contribution >= 4 is 23.2 Å². The molecular weight excluding hydrogens is 449 g/mol. The average Bonchev–Trinajstić information content (AvgIpc) is 3.63. The number of anilines is 2. The van der Waals surface area contributed by atoms with Gasteiger partial charge in [0, 0.05) is 24.0 Å². The number of ether oxygens (including phenoxy) is 1. The minimum Gasteiger partial charge on any atom is -0.494 e. The second-order valence-corrected chi connectivity index (χ2v) is 8.32. The second kappa shape index (κ2) is 9.38. The molecule has 35 heavy (non-hydrogen) atoms. The number of hydrogen-bond donors (Lipinski definition) is 2. The van der Waals surface area contributed by atoms with Crippen LogP contribution in [0.15, 0.2) is 49.1 Å². The van der Waals surface area contributed by atoms with Crippen molar-refractivity contribution < 1.29 is 13.9 Å². The highest BCUT2D eigenvalue weighted by Gasteiger charge is 2.23. The van der Waals surface area contributed by atoms with Crippen molar-refractivity contribution in [3.05, 3.63) is 77.3 Å². The molecule has 3 heterocycles. The summed E-state index contributed by atoms with van der Waals surface area (Å²) < 4.78 is 21.6. The Morgan fingerprint density at radius 1 is 1.23 bits per heavy atom. The third kappa shape index (κ3) is 4.89. The van der Waals surface area contributed by atoms with Crippen LogP contribution in [0.5, 0.6) is 5.75 Å². The van der Waals surface area contributed by atoms with Gasteiger partial charge < -0.3 is 19.8 Å². The van der Waals surface area contributed by atoms with Gasteiger partial charge in [-0.2, -0.15) is 5.26 Å². The SMILES string of the molecule is COc1ccc(C#N)c(CC(=O)Nc2cc(NCc3cn4cc(C5CC5)ccc4n3)ncn2)c1F. The Morgan fingerprint density at radius 3 is 2.83 bits per heavy atom. The summed E-state index contributed by atoms with van der Waals surface area (Å²) in [4.78, 5) is 25.4. The maximum atomic E-state index is 14.6. The summed E-state index contributed by atoms with van der Waals surface area (Å²) in [5, 5.41) is 15.1. The molecule has 3 aromatic heterocycles. The minimum absolute atomic E-state index is 0.0315. The van der Waals surface area contributed by atoms with E-state index in [2.05, 4.69) is 37.8 Å². The molecule has 1 fully saturated rings. The lowest BCUT2D eigenvalue weighted by Gasteiger charge is -2.10. The molecule has 0 unspecified atom stereocenters. The normalized spacial score (nSPS) is 12.8. The standard InChI is InChI=1S/C25H22FN7O2/c1-35-20-6-4-16(10-27)19(25(20)26)8-24(34)32-22-9-21(29-14-30-22)28-11-18-13-33-12-17(15-2-3-15)5-7-23(33)31-18/h4-7,9,12-15H,2-3,8,11H2,1H3,(H2,28,29,30,32,34). The van der Waals surface area contributed by atoms with Gasteiger partial charge in [-0.1, -0.05) is 6.07 Å². The average molecular weight is 471 g/mol. The summed E-state index contributed by atoms with van der Waals surface area (Å²) in [6.45, 7) is 0.436. The number of nitrogens with one attached hydrogen (secondary N) is 2. The van der Waals surface area contributed by atoms with Crippen LogP contribution in [0.25, 0.3) is 5.65 Å². The number of rotatable bonds is 8. The Morgan fingerprint density at radius 2 is 2.06 bits per heavy atom. The maximum absolute atomic E-state index is 14.6. The summed E-state index contributed by atoms with van der Waals surface area (Å²) in [5.74, 6) is 0.129. The molecule has 0 saturated heterocycles. The lowest BCUT2D eigenvalue weighted by molar-refractivity contribution is -0.115. The van der Waals surface area contributed by atoms with E-state index in [1.54, 1.807) is 6.07 Å². The molecule has 1 amide bonds. The van der Waals surface area contributed by atoms with Gasteiger partial charge in [-0.25, -0.2) is 19.3 Å². The van der Waals surface area contributed by atoms with Gasteiger partial charge >= 0.3 is 0 Å². The first kappa shape index (κ1) is 22.3. The van der Waals surface area contributed by atoms with Crippen molar-refractivity contribution in [2.24, 2.45) is 0 Å². The first-order valence-electron chi connectivity index (χ1n) is 11.1. The van der Waals surface area contributed by atoms with Crippen LogP contribution in [0.1, 0.15) is 41.1 Å². The highest BCUT2D eigenvalue weighted by Crippen LogP contribution is 2.39. The number of fused-ring (bicyclic) bond motifs is 1. The predicted octanol–water partition coefficient (Wildman–Crippen LogP) is 3.81. The highest BCUT2D eigenvalue weighted by molar-refractivity contribution is 5.92.